The smallest absolute Gasteiger partial charge is 0.253 e. The molecule has 2 aromatic heterocycles. The van der Waals surface area contributed by atoms with Gasteiger partial charge in [0.05, 0.1) is 23.5 Å². The third kappa shape index (κ3) is 3.69. The van der Waals surface area contributed by atoms with E-state index in [1.807, 2.05) is 36.7 Å². The van der Waals surface area contributed by atoms with Crippen LogP contribution < -0.4 is 14.8 Å². The summed E-state index contributed by atoms with van der Waals surface area (Å²) in [7, 11) is 0. The van der Waals surface area contributed by atoms with Gasteiger partial charge in [-0.2, -0.15) is 5.10 Å². The fraction of sp³-hybridized carbons (Fsp3) is 0.381. The van der Waals surface area contributed by atoms with Gasteiger partial charge in [0.2, 0.25) is 0 Å². The van der Waals surface area contributed by atoms with Gasteiger partial charge >= 0.3 is 0 Å². The van der Waals surface area contributed by atoms with Gasteiger partial charge < -0.3 is 14.8 Å². The number of fused-ring (bicyclic) bond motifs is 2. The average Bonchev–Trinajstić information content (AvgIpc) is 3.09. The minimum absolute atomic E-state index is 0.177. The molecule has 0 radical (unpaired) electrons. The lowest BCUT2D eigenvalue weighted by molar-refractivity contribution is 0.0938. The number of benzene rings is 1. The number of nitrogens with one attached hydrogen (secondary N) is 1. The van der Waals surface area contributed by atoms with Gasteiger partial charge in [-0.1, -0.05) is 15.9 Å². The molecule has 0 spiro atoms. The molecule has 0 bridgehead atoms. The normalized spacial score (nSPS) is 14.3. The maximum Gasteiger partial charge on any atom is 0.253 e. The molecule has 1 unspecified atom stereocenters. The van der Waals surface area contributed by atoms with Crippen LogP contribution in [0.3, 0.4) is 0 Å². The second kappa shape index (κ2) is 7.67. The first-order chi connectivity index (χ1) is 13.8. The Morgan fingerprint density at radius 2 is 1.86 bits per heavy atom. The number of pyridine rings is 1. The fourth-order valence-electron chi connectivity index (χ4n) is 3.44. The lowest BCUT2D eigenvalue weighted by Crippen LogP contribution is -2.28. The monoisotopic (exact) mass is 458 g/mol. The second-order valence-electron chi connectivity index (χ2n) is 7.43. The Morgan fingerprint density at radius 1 is 1.17 bits per heavy atom. The van der Waals surface area contributed by atoms with Gasteiger partial charge in [-0.15, -0.1) is 0 Å². The number of carbonyl (C=O) groups excluding carboxylic acids is 1. The van der Waals surface area contributed by atoms with Crippen LogP contribution in [-0.4, -0.2) is 33.9 Å². The quantitative estimate of drug-likeness (QED) is 0.628. The maximum atomic E-state index is 13.0. The van der Waals surface area contributed by atoms with E-state index in [1.54, 1.807) is 6.20 Å². The zero-order valence-electron chi connectivity index (χ0n) is 16.8. The van der Waals surface area contributed by atoms with E-state index >= 15 is 0 Å². The van der Waals surface area contributed by atoms with Crippen molar-refractivity contribution in [1.29, 1.82) is 0 Å². The van der Waals surface area contributed by atoms with Crippen LogP contribution >= 0.6 is 15.9 Å². The van der Waals surface area contributed by atoms with Crippen molar-refractivity contribution in [3.8, 4) is 11.5 Å². The van der Waals surface area contributed by atoms with Crippen molar-refractivity contribution in [3.63, 3.8) is 0 Å². The van der Waals surface area contributed by atoms with Gasteiger partial charge in [0.15, 0.2) is 17.1 Å². The van der Waals surface area contributed by atoms with Gasteiger partial charge in [-0.3, -0.25) is 4.79 Å². The van der Waals surface area contributed by atoms with Gasteiger partial charge in [0.1, 0.15) is 13.2 Å². The van der Waals surface area contributed by atoms with Crippen molar-refractivity contribution in [3.05, 3.63) is 45.7 Å². The highest BCUT2D eigenvalue weighted by Gasteiger charge is 2.21. The van der Waals surface area contributed by atoms with Crippen molar-refractivity contribution in [2.45, 2.75) is 39.8 Å². The molecule has 1 aliphatic heterocycles. The molecule has 4 rings (SSSR count). The molecule has 1 atom stereocenters. The van der Waals surface area contributed by atoms with E-state index in [9.17, 15) is 4.79 Å². The van der Waals surface area contributed by atoms with Crippen molar-refractivity contribution < 1.29 is 14.3 Å². The summed E-state index contributed by atoms with van der Waals surface area (Å²) in [6.07, 6.45) is 1.75. The molecule has 8 heteroatoms. The molecule has 0 fully saturated rings. The van der Waals surface area contributed by atoms with Crippen LogP contribution in [0.2, 0.25) is 0 Å². The van der Waals surface area contributed by atoms with E-state index in [2.05, 4.69) is 45.2 Å². The Morgan fingerprint density at radius 3 is 2.55 bits per heavy atom. The molecule has 0 saturated carbocycles. The van der Waals surface area contributed by atoms with Gasteiger partial charge in [-0.25, -0.2) is 9.67 Å². The Labute approximate surface area is 177 Å². The highest BCUT2D eigenvalue weighted by atomic mass is 79.9. The topological polar surface area (TPSA) is 78.3 Å². The van der Waals surface area contributed by atoms with Crippen LogP contribution in [0.4, 0.5) is 0 Å². The van der Waals surface area contributed by atoms with Crippen molar-refractivity contribution in [2.24, 2.45) is 0 Å². The largest absolute Gasteiger partial charge is 0.486 e. The molecular formula is C21H23BrN4O3. The van der Waals surface area contributed by atoms with Crippen LogP contribution in [0.5, 0.6) is 11.5 Å². The molecule has 3 heterocycles. The number of ether oxygens (including phenoxy) is 2. The summed E-state index contributed by atoms with van der Waals surface area (Å²) in [6.45, 7) is 8.94. The summed E-state index contributed by atoms with van der Waals surface area (Å²) in [5.41, 5.74) is 2.92. The Bertz CT molecular complexity index is 1090. The van der Waals surface area contributed by atoms with Crippen molar-refractivity contribution in [1.82, 2.24) is 20.1 Å². The van der Waals surface area contributed by atoms with Crippen LogP contribution in [0.1, 0.15) is 54.5 Å². The highest BCUT2D eigenvalue weighted by molar-refractivity contribution is 9.10. The minimum Gasteiger partial charge on any atom is -0.486 e. The number of hydrogen-bond acceptors (Lipinski definition) is 5. The summed E-state index contributed by atoms with van der Waals surface area (Å²) in [4.78, 5) is 17.6. The van der Waals surface area contributed by atoms with Crippen molar-refractivity contribution in [2.75, 3.05) is 13.2 Å². The summed E-state index contributed by atoms with van der Waals surface area (Å²) >= 11 is 3.58. The van der Waals surface area contributed by atoms with E-state index in [0.29, 0.717) is 36.0 Å². The standard InChI is InChI=1S/C21H23BrN4O3/c1-11(2)26-20-14(10-23-26)7-16(13(4)24-20)21(27)25-12(3)15-8-18-19(9-17(15)22)29-6-5-28-18/h7-12H,5-6H2,1-4H3,(H,25,27). The van der Waals surface area contributed by atoms with Crippen LogP contribution in [0.15, 0.2) is 28.9 Å². The predicted molar refractivity (Wildman–Crippen MR) is 114 cm³/mol. The molecule has 29 heavy (non-hydrogen) atoms. The first-order valence-corrected chi connectivity index (χ1v) is 10.4. The maximum absolute atomic E-state index is 13.0. The molecule has 1 aliphatic rings. The number of amides is 1. The van der Waals surface area contributed by atoms with Crippen LogP contribution in [0, 0.1) is 6.92 Å². The van der Waals surface area contributed by atoms with E-state index in [1.165, 1.54) is 0 Å². The number of halogens is 1. The Balaban J connectivity index is 1.60. The molecule has 1 aromatic carbocycles. The summed E-state index contributed by atoms with van der Waals surface area (Å²) in [6, 6.07) is 5.61. The molecule has 1 amide bonds. The van der Waals surface area contributed by atoms with Gasteiger partial charge in [0.25, 0.3) is 5.91 Å². The van der Waals surface area contributed by atoms with Gasteiger partial charge in [0, 0.05) is 15.9 Å². The van der Waals surface area contributed by atoms with Crippen molar-refractivity contribution >= 4 is 32.9 Å². The first kappa shape index (κ1) is 19.7. The summed E-state index contributed by atoms with van der Waals surface area (Å²) < 4.78 is 14.0. The Kier molecular flexibility index (Phi) is 5.21. The lowest BCUT2D eigenvalue weighted by atomic mass is 10.1. The number of carbonyl (C=O) groups is 1. The highest BCUT2D eigenvalue weighted by Crippen LogP contribution is 2.37. The van der Waals surface area contributed by atoms with E-state index < -0.39 is 0 Å². The number of aryl methyl sites for hydroxylation is 1. The molecule has 152 valence electrons. The van der Waals surface area contributed by atoms with Gasteiger partial charge in [-0.05, 0) is 51.5 Å². The fourth-order valence-corrected chi connectivity index (χ4v) is 4.10. The minimum atomic E-state index is -0.235. The lowest BCUT2D eigenvalue weighted by Gasteiger charge is -2.22. The number of nitrogens with zero attached hydrogens (tertiary/aromatic N) is 3. The van der Waals surface area contributed by atoms with E-state index in [0.717, 1.165) is 21.1 Å². The third-order valence-electron chi connectivity index (χ3n) is 4.97. The number of rotatable bonds is 4. The number of hydrogen-bond donors (Lipinski definition) is 1. The predicted octanol–water partition coefficient (Wildman–Crippen LogP) is 4.35. The molecule has 7 nitrogen and oxygen atoms in total. The van der Waals surface area contributed by atoms with E-state index in [4.69, 9.17) is 9.47 Å². The zero-order valence-corrected chi connectivity index (χ0v) is 18.4. The Hall–Kier alpha value is -2.61. The molecule has 1 N–H and O–H groups in total. The SMILES string of the molecule is Cc1nc2c(cnn2C(C)C)cc1C(=O)NC(C)c1cc2c(cc1Br)OCCO2. The third-order valence-corrected chi connectivity index (χ3v) is 5.66. The molecule has 0 aliphatic carbocycles. The number of aromatic nitrogens is 3. The zero-order chi connectivity index (χ0) is 20.7. The van der Waals surface area contributed by atoms with E-state index in [-0.39, 0.29) is 18.0 Å². The second-order valence-corrected chi connectivity index (χ2v) is 8.28. The average molecular weight is 459 g/mol. The summed E-state index contributed by atoms with van der Waals surface area (Å²) in [5.74, 6) is 1.22. The molecular weight excluding hydrogens is 436 g/mol. The molecule has 0 saturated heterocycles. The molecule has 3 aromatic rings. The summed E-state index contributed by atoms with van der Waals surface area (Å²) in [5, 5.41) is 8.30. The van der Waals surface area contributed by atoms with Crippen LogP contribution in [0.25, 0.3) is 11.0 Å². The first-order valence-electron chi connectivity index (χ1n) is 9.60. The van der Waals surface area contributed by atoms with Crippen LogP contribution in [-0.2, 0) is 0 Å².